The van der Waals surface area contributed by atoms with E-state index in [4.69, 9.17) is 9.15 Å². The average Bonchev–Trinajstić information content (AvgIpc) is 3.04. The zero-order chi connectivity index (χ0) is 17.9. The third-order valence-electron chi connectivity index (χ3n) is 3.57. The maximum absolute atomic E-state index is 12.6. The lowest BCUT2D eigenvalue weighted by molar-refractivity contribution is -0.110. The first kappa shape index (κ1) is 17.4. The predicted molar refractivity (Wildman–Crippen MR) is 89.6 cm³/mol. The smallest absolute Gasteiger partial charge is 0.237 e. The molecule has 0 aliphatic heterocycles. The molecule has 1 heterocycles. The number of furan rings is 1. The monoisotopic (exact) mass is 326 g/mol. The van der Waals surface area contributed by atoms with Crippen LogP contribution in [0, 0.1) is 6.92 Å². The van der Waals surface area contributed by atoms with Crippen LogP contribution in [-0.2, 0) is 4.79 Å². The van der Waals surface area contributed by atoms with Gasteiger partial charge in [-0.15, -0.1) is 0 Å². The van der Waals surface area contributed by atoms with Gasteiger partial charge in [0.1, 0.15) is 17.8 Å². The van der Waals surface area contributed by atoms with Gasteiger partial charge in [-0.25, -0.2) is 0 Å². The number of rotatable bonds is 3. The summed E-state index contributed by atoms with van der Waals surface area (Å²) in [6.07, 6.45) is 3.74. The van der Waals surface area contributed by atoms with Crippen molar-refractivity contribution in [1.29, 1.82) is 0 Å². The normalized spacial score (nSPS) is 12.3. The van der Waals surface area contributed by atoms with E-state index >= 15 is 0 Å². The molecule has 0 N–H and O–H groups in total. The summed E-state index contributed by atoms with van der Waals surface area (Å²) in [4.78, 5) is 36.1. The number of benzene rings is 1. The van der Waals surface area contributed by atoms with Gasteiger partial charge in [0, 0.05) is 5.56 Å². The summed E-state index contributed by atoms with van der Waals surface area (Å²) in [5, 5.41) is 0. The Balaban J connectivity index is 0.00000100. The van der Waals surface area contributed by atoms with Gasteiger partial charge in [0.2, 0.25) is 11.6 Å². The van der Waals surface area contributed by atoms with E-state index in [1.807, 2.05) is 20.8 Å². The third kappa shape index (κ3) is 2.93. The Labute approximate surface area is 139 Å². The van der Waals surface area contributed by atoms with Gasteiger partial charge in [0.25, 0.3) is 0 Å². The van der Waals surface area contributed by atoms with Crippen molar-refractivity contribution in [2.24, 2.45) is 0 Å². The molecule has 0 bridgehead atoms. The maximum Gasteiger partial charge on any atom is 0.237 e. The van der Waals surface area contributed by atoms with E-state index in [-0.39, 0.29) is 22.7 Å². The highest BCUT2D eigenvalue weighted by atomic mass is 16.5. The second kappa shape index (κ2) is 7.08. The summed E-state index contributed by atoms with van der Waals surface area (Å²) in [6, 6.07) is 5.00. The van der Waals surface area contributed by atoms with Gasteiger partial charge < -0.3 is 9.15 Å². The van der Waals surface area contributed by atoms with Crippen LogP contribution in [0.4, 0.5) is 0 Å². The van der Waals surface area contributed by atoms with Crippen molar-refractivity contribution in [3.8, 4) is 5.75 Å². The van der Waals surface area contributed by atoms with Crippen LogP contribution in [-0.4, -0.2) is 24.5 Å². The number of allylic oxidation sites excluding steroid dienone is 1. The predicted octanol–water partition coefficient (Wildman–Crippen LogP) is 3.63. The Morgan fingerprint density at radius 2 is 1.83 bits per heavy atom. The fourth-order valence-electron chi connectivity index (χ4n) is 2.36. The van der Waals surface area contributed by atoms with Crippen LogP contribution >= 0.6 is 0 Å². The summed E-state index contributed by atoms with van der Waals surface area (Å²) in [7, 11) is 1.52. The molecule has 5 heteroatoms. The minimum absolute atomic E-state index is 0.0250. The maximum atomic E-state index is 12.6. The van der Waals surface area contributed by atoms with Crippen LogP contribution in [0.2, 0.25) is 0 Å². The summed E-state index contributed by atoms with van der Waals surface area (Å²) >= 11 is 0. The number of hydrogen-bond acceptors (Lipinski definition) is 5. The van der Waals surface area contributed by atoms with E-state index in [0.29, 0.717) is 11.3 Å². The van der Waals surface area contributed by atoms with Gasteiger partial charge in [-0.2, -0.15) is 0 Å². The summed E-state index contributed by atoms with van der Waals surface area (Å²) in [5.74, 6) is -0.976. The first-order chi connectivity index (χ1) is 11.5. The van der Waals surface area contributed by atoms with Crippen molar-refractivity contribution < 1.29 is 23.5 Å². The van der Waals surface area contributed by atoms with Crippen LogP contribution in [0.1, 0.15) is 51.5 Å². The van der Waals surface area contributed by atoms with Crippen molar-refractivity contribution in [1.82, 2.24) is 0 Å². The average molecular weight is 326 g/mol. The number of Topliss-reactive ketones (excluding diaryl/α,β-unsaturated/α-hetero) is 1. The Morgan fingerprint density at radius 3 is 2.50 bits per heavy atom. The van der Waals surface area contributed by atoms with E-state index in [2.05, 4.69) is 0 Å². The van der Waals surface area contributed by atoms with Crippen LogP contribution in [0.3, 0.4) is 0 Å². The molecule has 1 aliphatic carbocycles. The van der Waals surface area contributed by atoms with Crippen molar-refractivity contribution in [2.75, 3.05) is 7.11 Å². The van der Waals surface area contributed by atoms with Crippen LogP contribution in [0.25, 0.3) is 6.08 Å². The largest absolute Gasteiger partial charge is 0.496 e. The van der Waals surface area contributed by atoms with E-state index in [9.17, 15) is 14.4 Å². The number of fused-ring (bicyclic) bond motifs is 1. The molecule has 24 heavy (non-hydrogen) atoms. The molecule has 0 atom stereocenters. The van der Waals surface area contributed by atoms with Gasteiger partial charge in [-0.05, 0) is 30.7 Å². The SMILES string of the molecule is CC.COc1cc(C(=O)c2coc3c2C(=O)C(=O)C=C3)ccc1C. The van der Waals surface area contributed by atoms with E-state index in [1.54, 1.807) is 18.2 Å². The highest BCUT2D eigenvalue weighted by Gasteiger charge is 2.30. The lowest BCUT2D eigenvalue weighted by Crippen LogP contribution is -2.18. The standard InChI is InChI=1S/C17H12O5.C2H6/c1-9-3-4-10(7-14(9)21-2)16(19)11-8-22-13-6-5-12(18)17(20)15(11)13;1-2/h3-8H,1-2H3;1-2H3. The molecule has 2 aromatic rings. The molecule has 0 fully saturated rings. The molecule has 124 valence electrons. The van der Waals surface area contributed by atoms with Gasteiger partial charge in [0.15, 0.2) is 5.78 Å². The Hall–Kier alpha value is -2.95. The van der Waals surface area contributed by atoms with Gasteiger partial charge >= 0.3 is 0 Å². The molecule has 0 spiro atoms. The number of ketones is 3. The number of aryl methyl sites for hydroxylation is 1. The zero-order valence-corrected chi connectivity index (χ0v) is 14.0. The number of carbonyl (C=O) groups is 3. The molecule has 0 saturated heterocycles. The molecule has 1 aromatic heterocycles. The van der Waals surface area contributed by atoms with E-state index < -0.39 is 11.6 Å². The first-order valence-corrected chi connectivity index (χ1v) is 7.60. The van der Waals surface area contributed by atoms with Crippen molar-refractivity contribution >= 4 is 23.4 Å². The summed E-state index contributed by atoms with van der Waals surface area (Å²) < 4.78 is 10.4. The fourth-order valence-corrected chi connectivity index (χ4v) is 2.36. The number of hydrogen-bond donors (Lipinski definition) is 0. The van der Waals surface area contributed by atoms with Crippen LogP contribution in [0.15, 0.2) is 35.0 Å². The molecule has 3 rings (SSSR count). The minimum atomic E-state index is -0.728. The quantitative estimate of drug-likeness (QED) is 0.636. The second-order valence-corrected chi connectivity index (χ2v) is 4.93. The van der Waals surface area contributed by atoms with Crippen molar-refractivity contribution in [2.45, 2.75) is 20.8 Å². The van der Waals surface area contributed by atoms with Gasteiger partial charge in [0.05, 0.1) is 18.2 Å². The third-order valence-corrected chi connectivity index (χ3v) is 3.57. The second-order valence-electron chi connectivity index (χ2n) is 4.93. The minimum Gasteiger partial charge on any atom is -0.496 e. The number of ether oxygens (including phenoxy) is 1. The summed E-state index contributed by atoms with van der Waals surface area (Å²) in [5.41, 5.74) is 1.36. The van der Waals surface area contributed by atoms with Gasteiger partial charge in [-0.1, -0.05) is 26.0 Å². The van der Waals surface area contributed by atoms with Crippen molar-refractivity contribution in [3.05, 3.63) is 58.6 Å². The number of methoxy groups -OCH3 is 1. The highest BCUT2D eigenvalue weighted by Crippen LogP contribution is 2.27. The molecule has 5 nitrogen and oxygen atoms in total. The molecule has 1 aromatic carbocycles. The van der Waals surface area contributed by atoms with Gasteiger partial charge in [-0.3, -0.25) is 14.4 Å². The Bertz CT molecular complexity index is 839. The zero-order valence-electron chi connectivity index (χ0n) is 14.0. The fraction of sp³-hybridized carbons (Fsp3) is 0.211. The first-order valence-electron chi connectivity index (χ1n) is 7.60. The molecular formula is C19H18O5. The van der Waals surface area contributed by atoms with E-state index in [0.717, 1.165) is 11.6 Å². The molecular weight excluding hydrogens is 308 g/mol. The Kier molecular flexibility index (Phi) is 5.14. The molecule has 0 amide bonds. The molecule has 0 unspecified atom stereocenters. The molecule has 0 saturated carbocycles. The molecule has 1 aliphatic rings. The lowest BCUT2D eigenvalue weighted by Gasteiger charge is -2.08. The number of carbonyl (C=O) groups excluding carboxylic acids is 3. The van der Waals surface area contributed by atoms with E-state index in [1.165, 1.54) is 19.4 Å². The lowest BCUT2D eigenvalue weighted by atomic mass is 9.93. The van der Waals surface area contributed by atoms with Crippen molar-refractivity contribution in [3.63, 3.8) is 0 Å². The Morgan fingerprint density at radius 1 is 1.12 bits per heavy atom. The topological polar surface area (TPSA) is 73.6 Å². The summed E-state index contributed by atoms with van der Waals surface area (Å²) in [6.45, 7) is 5.86. The molecule has 0 radical (unpaired) electrons. The highest BCUT2D eigenvalue weighted by molar-refractivity contribution is 6.51. The van der Waals surface area contributed by atoms with Crippen LogP contribution in [0.5, 0.6) is 5.75 Å². The van der Waals surface area contributed by atoms with Crippen LogP contribution < -0.4 is 4.74 Å².